The maximum absolute atomic E-state index is 5.26. The van der Waals surface area contributed by atoms with E-state index in [9.17, 15) is 0 Å². The van der Waals surface area contributed by atoms with E-state index in [0.717, 1.165) is 23.9 Å². The molecule has 1 heterocycles. The van der Waals surface area contributed by atoms with E-state index >= 15 is 0 Å². The number of nitrogens with one attached hydrogen (secondary N) is 2. The van der Waals surface area contributed by atoms with Gasteiger partial charge in [-0.05, 0) is 12.2 Å². The van der Waals surface area contributed by atoms with Crippen molar-refractivity contribution in [3.8, 4) is 0 Å². The molecule has 0 amide bonds. The van der Waals surface area contributed by atoms with E-state index in [1.165, 1.54) is 0 Å². The Kier molecular flexibility index (Phi) is 4.63. The molecule has 1 aromatic rings. The minimum Gasteiger partial charge on any atom is -0.376 e. The number of imidazole rings is 1. The van der Waals surface area contributed by atoms with E-state index in [-0.39, 0.29) is 0 Å². The normalized spacial score (nSPS) is 9.85. The lowest BCUT2D eigenvalue weighted by atomic mass is 10.7. The summed E-state index contributed by atoms with van der Waals surface area (Å²) in [5.41, 5.74) is 5.26. The molecule has 6 heteroatoms. The number of hydrogen-bond acceptors (Lipinski definition) is 3. The van der Waals surface area contributed by atoms with Crippen molar-refractivity contribution in [2.75, 3.05) is 12.3 Å². The second-order valence-corrected chi connectivity index (χ2v) is 3.92. The molecule has 0 saturated carbocycles. The van der Waals surface area contributed by atoms with Crippen LogP contribution in [0.4, 0.5) is 0 Å². The summed E-state index contributed by atoms with van der Waals surface area (Å²) in [7, 11) is 0. The first-order valence-corrected chi connectivity index (χ1v) is 5.44. The van der Waals surface area contributed by atoms with Gasteiger partial charge in [0.2, 0.25) is 0 Å². The number of nitrogens with zero attached hydrogens (tertiary/aromatic N) is 1. The van der Waals surface area contributed by atoms with Gasteiger partial charge in [0.15, 0.2) is 5.11 Å². The van der Waals surface area contributed by atoms with Crippen molar-refractivity contribution in [1.82, 2.24) is 15.3 Å². The third-order valence-electron chi connectivity index (χ3n) is 1.34. The maximum atomic E-state index is 5.26. The zero-order valence-electron chi connectivity index (χ0n) is 7.12. The van der Waals surface area contributed by atoms with Gasteiger partial charge in [0, 0.05) is 24.7 Å². The number of thioether (sulfide) groups is 1. The van der Waals surface area contributed by atoms with Gasteiger partial charge in [-0.2, -0.15) is 11.8 Å². The van der Waals surface area contributed by atoms with Crippen LogP contribution in [0.3, 0.4) is 0 Å². The summed E-state index contributed by atoms with van der Waals surface area (Å²) in [6, 6.07) is 0. The van der Waals surface area contributed by atoms with Crippen molar-refractivity contribution in [2.24, 2.45) is 5.73 Å². The third kappa shape index (κ3) is 4.74. The zero-order chi connectivity index (χ0) is 9.52. The predicted molar refractivity (Wildman–Crippen MR) is 59.5 cm³/mol. The van der Waals surface area contributed by atoms with E-state index in [2.05, 4.69) is 27.5 Å². The topological polar surface area (TPSA) is 66.7 Å². The van der Waals surface area contributed by atoms with E-state index in [1.54, 1.807) is 18.0 Å². The Bertz CT molecular complexity index is 247. The number of aromatic nitrogens is 2. The molecule has 0 unspecified atom stereocenters. The summed E-state index contributed by atoms with van der Waals surface area (Å²) in [5, 5.41) is 3.24. The van der Waals surface area contributed by atoms with Crippen molar-refractivity contribution in [1.29, 1.82) is 0 Å². The standard InChI is InChI=1S/C7H12N4S2/c8-7(12)11-3-4-13-5-6-9-1-2-10-6/h1-2H,3-5H2,(H,9,10)(H3,8,11,12). The Morgan fingerprint density at radius 3 is 3.23 bits per heavy atom. The van der Waals surface area contributed by atoms with E-state index in [4.69, 9.17) is 5.73 Å². The molecule has 72 valence electrons. The van der Waals surface area contributed by atoms with Gasteiger partial charge >= 0.3 is 0 Å². The Labute approximate surface area is 86.7 Å². The first-order chi connectivity index (χ1) is 6.29. The van der Waals surface area contributed by atoms with Gasteiger partial charge < -0.3 is 16.0 Å². The van der Waals surface area contributed by atoms with Gasteiger partial charge in [-0.3, -0.25) is 0 Å². The SMILES string of the molecule is NC(=S)NCCSCc1ncc[nH]1. The molecular weight excluding hydrogens is 204 g/mol. The summed E-state index contributed by atoms with van der Waals surface area (Å²) >= 11 is 6.45. The monoisotopic (exact) mass is 216 g/mol. The highest BCUT2D eigenvalue weighted by Crippen LogP contribution is 2.05. The summed E-state index contributed by atoms with van der Waals surface area (Å²) < 4.78 is 0. The van der Waals surface area contributed by atoms with Crippen molar-refractivity contribution in [3.05, 3.63) is 18.2 Å². The minimum atomic E-state index is 0.360. The molecule has 0 saturated heterocycles. The Morgan fingerprint density at radius 1 is 1.77 bits per heavy atom. The summed E-state index contributed by atoms with van der Waals surface area (Å²) in [4.78, 5) is 7.14. The molecule has 13 heavy (non-hydrogen) atoms. The van der Waals surface area contributed by atoms with Crippen molar-refractivity contribution >= 4 is 29.1 Å². The smallest absolute Gasteiger partial charge is 0.163 e. The quantitative estimate of drug-likeness (QED) is 0.493. The molecule has 4 N–H and O–H groups in total. The van der Waals surface area contributed by atoms with Gasteiger partial charge in [0.1, 0.15) is 5.82 Å². The molecule has 0 atom stereocenters. The van der Waals surface area contributed by atoms with Crippen LogP contribution >= 0.6 is 24.0 Å². The second-order valence-electron chi connectivity index (χ2n) is 2.38. The minimum absolute atomic E-state index is 0.360. The molecule has 4 nitrogen and oxygen atoms in total. The van der Waals surface area contributed by atoms with Crippen LogP contribution in [-0.4, -0.2) is 27.4 Å². The van der Waals surface area contributed by atoms with Crippen LogP contribution in [0.2, 0.25) is 0 Å². The van der Waals surface area contributed by atoms with Crippen LogP contribution in [0.15, 0.2) is 12.4 Å². The maximum Gasteiger partial charge on any atom is 0.163 e. The van der Waals surface area contributed by atoms with Crippen LogP contribution in [-0.2, 0) is 5.75 Å². The Morgan fingerprint density at radius 2 is 2.62 bits per heavy atom. The van der Waals surface area contributed by atoms with Gasteiger partial charge in [-0.25, -0.2) is 4.98 Å². The van der Waals surface area contributed by atoms with Crippen LogP contribution in [0, 0.1) is 0 Å². The lowest BCUT2D eigenvalue weighted by Crippen LogP contribution is -2.30. The van der Waals surface area contributed by atoms with Crippen molar-refractivity contribution < 1.29 is 0 Å². The molecule has 1 aromatic heterocycles. The van der Waals surface area contributed by atoms with Gasteiger partial charge in [-0.15, -0.1) is 0 Å². The highest BCUT2D eigenvalue weighted by molar-refractivity contribution is 7.98. The highest BCUT2D eigenvalue weighted by Gasteiger charge is 1.94. The largest absolute Gasteiger partial charge is 0.376 e. The highest BCUT2D eigenvalue weighted by atomic mass is 32.2. The molecule has 0 spiro atoms. The van der Waals surface area contributed by atoms with Gasteiger partial charge in [0.05, 0.1) is 5.75 Å². The first kappa shape index (κ1) is 10.3. The fourth-order valence-corrected chi connectivity index (χ4v) is 1.64. The van der Waals surface area contributed by atoms with Gasteiger partial charge in [-0.1, -0.05) is 0 Å². The van der Waals surface area contributed by atoms with Crippen LogP contribution in [0.5, 0.6) is 0 Å². The number of aromatic amines is 1. The summed E-state index contributed by atoms with van der Waals surface area (Å²) in [5.74, 6) is 2.87. The summed E-state index contributed by atoms with van der Waals surface area (Å²) in [6.45, 7) is 0.806. The fourth-order valence-electron chi connectivity index (χ4n) is 0.792. The number of nitrogens with two attached hydrogens (primary N) is 1. The molecule has 0 aliphatic heterocycles. The number of H-pyrrole nitrogens is 1. The van der Waals surface area contributed by atoms with Crippen LogP contribution < -0.4 is 11.1 Å². The Hall–Kier alpha value is -0.750. The molecule has 0 aromatic carbocycles. The lowest BCUT2D eigenvalue weighted by Gasteiger charge is -2.01. The third-order valence-corrected chi connectivity index (χ3v) is 2.45. The molecule has 0 fully saturated rings. The molecule has 0 bridgehead atoms. The Balaban J connectivity index is 1.99. The van der Waals surface area contributed by atoms with Crippen LogP contribution in [0.25, 0.3) is 0 Å². The van der Waals surface area contributed by atoms with E-state index in [0.29, 0.717) is 5.11 Å². The van der Waals surface area contributed by atoms with Crippen LogP contribution in [0.1, 0.15) is 5.82 Å². The average molecular weight is 216 g/mol. The average Bonchev–Trinajstić information content (AvgIpc) is 2.55. The molecular formula is C7H12N4S2. The predicted octanol–water partition coefficient (Wildman–Crippen LogP) is 0.476. The van der Waals surface area contributed by atoms with Crippen molar-refractivity contribution in [2.45, 2.75) is 5.75 Å². The lowest BCUT2D eigenvalue weighted by molar-refractivity contribution is 0.981. The molecule has 0 radical (unpaired) electrons. The van der Waals surface area contributed by atoms with E-state index < -0.39 is 0 Å². The van der Waals surface area contributed by atoms with Crippen molar-refractivity contribution in [3.63, 3.8) is 0 Å². The number of rotatable bonds is 5. The molecule has 0 aliphatic carbocycles. The zero-order valence-corrected chi connectivity index (χ0v) is 8.75. The van der Waals surface area contributed by atoms with Gasteiger partial charge in [0.25, 0.3) is 0 Å². The number of thiocarbonyl (C=S) groups is 1. The summed E-state index contributed by atoms with van der Waals surface area (Å²) in [6.07, 6.45) is 3.58. The molecule has 1 rings (SSSR count). The number of hydrogen-bond donors (Lipinski definition) is 3. The fraction of sp³-hybridized carbons (Fsp3) is 0.429. The molecule has 0 aliphatic rings. The van der Waals surface area contributed by atoms with E-state index in [1.807, 2.05) is 6.20 Å². The first-order valence-electron chi connectivity index (χ1n) is 3.88. The second kappa shape index (κ2) is 5.82.